The van der Waals surface area contributed by atoms with Crippen molar-refractivity contribution in [1.82, 2.24) is 9.88 Å². The Labute approximate surface area is 220 Å². The maximum absolute atomic E-state index is 14.7. The number of benzene rings is 1. The van der Waals surface area contributed by atoms with E-state index in [0.717, 1.165) is 12.1 Å². The second-order valence-electron chi connectivity index (χ2n) is 10.7. The zero-order chi connectivity index (χ0) is 27.5. The molecule has 1 aromatic heterocycles. The number of amides is 1. The Kier molecular flexibility index (Phi) is 8.04. The van der Waals surface area contributed by atoms with Gasteiger partial charge < -0.3 is 28.7 Å². The van der Waals surface area contributed by atoms with Crippen molar-refractivity contribution in [3.8, 4) is 11.8 Å². The number of aromatic nitrogens is 1. The van der Waals surface area contributed by atoms with Crippen LogP contribution in [0.4, 0.5) is 19.4 Å². The monoisotopic (exact) mass is 530 g/mol. The summed E-state index contributed by atoms with van der Waals surface area (Å²) in [7, 11) is 1.34. The normalized spacial score (nSPS) is 17.0. The maximum atomic E-state index is 14.7. The number of rotatable bonds is 7. The number of hydrogen-bond acceptors (Lipinski definition) is 8. The SMILES string of the molecule is COc1cc(F)c(CN(CCC2OCC3(CO2)CN(C(=O)OC(C)(C)C)C3)c2ccc(C#N)cn2)c(F)c1. The van der Waals surface area contributed by atoms with Gasteiger partial charge in [0.2, 0.25) is 0 Å². The molecule has 3 heterocycles. The Morgan fingerprint density at radius 2 is 1.89 bits per heavy atom. The molecule has 0 bridgehead atoms. The number of halogens is 2. The molecule has 0 aliphatic carbocycles. The van der Waals surface area contributed by atoms with Gasteiger partial charge in [0, 0.05) is 49.9 Å². The van der Waals surface area contributed by atoms with Crippen LogP contribution in [-0.2, 0) is 20.8 Å². The van der Waals surface area contributed by atoms with Gasteiger partial charge in [0.25, 0.3) is 0 Å². The second-order valence-corrected chi connectivity index (χ2v) is 10.7. The van der Waals surface area contributed by atoms with Crippen LogP contribution in [0.2, 0.25) is 0 Å². The van der Waals surface area contributed by atoms with Crippen LogP contribution in [0.5, 0.6) is 5.75 Å². The largest absolute Gasteiger partial charge is 0.497 e. The zero-order valence-electron chi connectivity index (χ0n) is 22.0. The molecule has 11 heteroatoms. The standard InChI is InChI=1S/C27H32F2N4O5/c1-26(2,3)38-25(34)33-14-27(15-33)16-36-24(37-17-27)7-8-32(23-6-5-18(11-30)12-31-23)13-20-21(28)9-19(35-4)10-22(20)29/h5-6,9-10,12,24H,7-8,13-17H2,1-4H3. The molecule has 4 rings (SSSR count). The minimum atomic E-state index is -0.730. The van der Waals surface area contributed by atoms with Crippen molar-refractivity contribution < 1.29 is 32.5 Å². The van der Waals surface area contributed by atoms with Gasteiger partial charge in [0.15, 0.2) is 6.29 Å². The molecule has 0 unspecified atom stereocenters. The number of ether oxygens (including phenoxy) is 4. The molecule has 1 amide bonds. The van der Waals surface area contributed by atoms with Crippen molar-refractivity contribution in [3.63, 3.8) is 0 Å². The first-order valence-corrected chi connectivity index (χ1v) is 12.3. The van der Waals surface area contributed by atoms with Gasteiger partial charge in [-0.15, -0.1) is 0 Å². The van der Waals surface area contributed by atoms with Gasteiger partial charge in [-0.1, -0.05) is 0 Å². The van der Waals surface area contributed by atoms with E-state index in [-0.39, 0.29) is 29.4 Å². The van der Waals surface area contributed by atoms with Crippen molar-refractivity contribution in [2.24, 2.45) is 5.41 Å². The van der Waals surface area contributed by atoms with Crippen LogP contribution in [0.1, 0.15) is 38.3 Å². The summed E-state index contributed by atoms with van der Waals surface area (Å²) in [6, 6.07) is 7.51. The fraction of sp³-hybridized carbons (Fsp3) is 0.519. The van der Waals surface area contributed by atoms with Crippen molar-refractivity contribution in [2.45, 2.75) is 45.6 Å². The number of carbonyl (C=O) groups is 1. The maximum Gasteiger partial charge on any atom is 0.410 e. The van der Waals surface area contributed by atoms with Crippen molar-refractivity contribution in [3.05, 3.63) is 53.2 Å². The third kappa shape index (κ3) is 6.49. The van der Waals surface area contributed by atoms with Crippen LogP contribution < -0.4 is 9.64 Å². The third-order valence-corrected chi connectivity index (χ3v) is 6.39. The van der Waals surface area contributed by atoms with Gasteiger partial charge in [-0.2, -0.15) is 5.26 Å². The van der Waals surface area contributed by atoms with Gasteiger partial charge in [0.05, 0.1) is 37.8 Å². The highest BCUT2D eigenvalue weighted by Gasteiger charge is 2.49. The molecule has 204 valence electrons. The molecule has 2 saturated heterocycles. The molecule has 2 aliphatic heterocycles. The van der Waals surface area contributed by atoms with E-state index in [1.807, 2.05) is 26.8 Å². The summed E-state index contributed by atoms with van der Waals surface area (Å²) < 4.78 is 51.7. The molecule has 2 aliphatic rings. The summed E-state index contributed by atoms with van der Waals surface area (Å²) in [4.78, 5) is 19.9. The summed E-state index contributed by atoms with van der Waals surface area (Å²) in [5, 5.41) is 9.09. The summed E-state index contributed by atoms with van der Waals surface area (Å²) in [5.74, 6) is -0.914. The topological polar surface area (TPSA) is 97.1 Å². The zero-order valence-corrected chi connectivity index (χ0v) is 22.0. The van der Waals surface area contributed by atoms with Crippen LogP contribution >= 0.6 is 0 Å². The number of methoxy groups -OCH3 is 1. The first-order valence-electron chi connectivity index (χ1n) is 12.3. The van der Waals surface area contributed by atoms with Crippen molar-refractivity contribution in [1.29, 1.82) is 5.26 Å². The van der Waals surface area contributed by atoms with Gasteiger partial charge in [-0.3, -0.25) is 0 Å². The van der Waals surface area contributed by atoms with E-state index >= 15 is 0 Å². The van der Waals surface area contributed by atoms with Gasteiger partial charge in [-0.25, -0.2) is 18.6 Å². The molecule has 0 atom stereocenters. The number of hydrogen-bond donors (Lipinski definition) is 0. The summed E-state index contributed by atoms with van der Waals surface area (Å²) in [6.07, 6.45) is 0.942. The van der Waals surface area contributed by atoms with E-state index in [9.17, 15) is 13.6 Å². The molecule has 1 spiro atoms. The lowest BCUT2D eigenvalue weighted by atomic mass is 9.81. The molecule has 1 aromatic carbocycles. The number of carbonyl (C=O) groups excluding carboxylic acids is 1. The molecule has 2 aromatic rings. The predicted molar refractivity (Wildman–Crippen MR) is 133 cm³/mol. The number of nitrogens with zero attached hydrogens (tertiary/aromatic N) is 4. The molecule has 0 radical (unpaired) electrons. The second kappa shape index (κ2) is 11.1. The van der Waals surface area contributed by atoms with E-state index in [4.69, 9.17) is 24.2 Å². The van der Waals surface area contributed by atoms with E-state index in [0.29, 0.717) is 50.7 Å². The Bertz CT molecular complexity index is 1160. The Morgan fingerprint density at radius 3 is 2.42 bits per heavy atom. The lowest BCUT2D eigenvalue weighted by Gasteiger charge is -2.52. The quantitative estimate of drug-likeness (QED) is 0.524. The molecular weight excluding hydrogens is 498 g/mol. The number of nitriles is 1. The van der Waals surface area contributed by atoms with Crippen LogP contribution in [0.25, 0.3) is 0 Å². The van der Waals surface area contributed by atoms with Crippen LogP contribution in [0.3, 0.4) is 0 Å². The molecular formula is C27H32F2N4O5. The Balaban J connectivity index is 1.37. The number of pyridine rings is 1. The Hall–Kier alpha value is -3.49. The van der Waals surface area contributed by atoms with E-state index in [1.165, 1.54) is 13.3 Å². The fourth-order valence-corrected chi connectivity index (χ4v) is 4.41. The average molecular weight is 531 g/mol. The minimum Gasteiger partial charge on any atom is -0.497 e. The Morgan fingerprint density at radius 1 is 1.24 bits per heavy atom. The lowest BCUT2D eigenvalue weighted by Crippen LogP contribution is -2.65. The van der Waals surface area contributed by atoms with Crippen molar-refractivity contribution >= 4 is 11.9 Å². The third-order valence-electron chi connectivity index (χ3n) is 6.39. The van der Waals surface area contributed by atoms with E-state index < -0.39 is 23.5 Å². The van der Waals surface area contributed by atoms with Gasteiger partial charge in [0.1, 0.15) is 34.9 Å². The highest BCUT2D eigenvalue weighted by Crippen LogP contribution is 2.36. The van der Waals surface area contributed by atoms with Crippen LogP contribution in [0, 0.1) is 28.4 Å². The summed E-state index contributed by atoms with van der Waals surface area (Å²) >= 11 is 0. The van der Waals surface area contributed by atoms with Crippen molar-refractivity contribution in [2.75, 3.05) is 44.9 Å². The van der Waals surface area contributed by atoms with Crippen LogP contribution in [-0.4, -0.2) is 67.8 Å². The lowest BCUT2D eigenvalue weighted by molar-refractivity contribution is -0.254. The highest BCUT2D eigenvalue weighted by atomic mass is 19.1. The van der Waals surface area contributed by atoms with E-state index in [1.54, 1.807) is 21.9 Å². The summed E-state index contributed by atoms with van der Waals surface area (Å²) in [5.41, 5.74) is -0.576. The fourth-order valence-electron chi connectivity index (χ4n) is 4.41. The van der Waals surface area contributed by atoms with Crippen LogP contribution in [0.15, 0.2) is 30.5 Å². The van der Waals surface area contributed by atoms with Gasteiger partial charge in [-0.05, 0) is 32.9 Å². The molecule has 38 heavy (non-hydrogen) atoms. The molecule has 9 nitrogen and oxygen atoms in total. The molecule has 2 fully saturated rings. The minimum absolute atomic E-state index is 0.0889. The first kappa shape index (κ1) is 27.5. The van der Waals surface area contributed by atoms with E-state index in [2.05, 4.69) is 4.98 Å². The number of anilines is 1. The first-order chi connectivity index (χ1) is 18.0. The summed E-state index contributed by atoms with van der Waals surface area (Å²) in [6.45, 7) is 7.54. The highest BCUT2D eigenvalue weighted by molar-refractivity contribution is 5.69. The van der Waals surface area contributed by atoms with Gasteiger partial charge >= 0.3 is 6.09 Å². The number of likely N-dealkylation sites (tertiary alicyclic amines) is 1. The molecule has 0 N–H and O–H groups in total. The molecule has 0 saturated carbocycles. The predicted octanol–water partition coefficient (Wildman–Crippen LogP) is 4.25. The smallest absolute Gasteiger partial charge is 0.410 e. The average Bonchev–Trinajstić information content (AvgIpc) is 2.85.